The molecule has 102 valence electrons. The van der Waals surface area contributed by atoms with Crippen LogP contribution in [0.15, 0.2) is 12.4 Å². The molecule has 0 radical (unpaired) electrons. The van der Waals surface area contributed by atoms with E-state index in [1.807, 2.05) is 17.1 Å². The Bertz CT molecular complexity index is 389. The topological polar surface area (TPSA) is 47.3 Å². The third-order valence-electron chi connectivity index (χ3n) is 3.77. The summed E-state index contributed by atoms with van der Waals surface area (Å²) in [6.45, 7) is 7.88. The van der Waals surface area contributed by atoms with Crippen LogP contribution in [0.25, 0.3) is 0 Å². The Morgan fingerprint density at radius 3 is 3.00 bits per heavy atom. The summed E-state index contributed by atoms with van der Waals surface area (Å²) in [5.74, 6) is 0.454. The van der Waals surface area contributed by atoms with Gasteiger partial charge in [0, 0.05) is 32.2 Å². The summed E-state index contributed by atoms with van der Waals surface area (Å²) in [7, 11) is 0. The number of nitrogens with zero attached hydrogens (tertiary/aromatic N) is 2. The fraction of sp³-hybridized carbons (Fsp3) is 0.786. The zero-order valence-corrected chi connectivity index (χ0v) is 11.6. The number of aliphatic hydroxyl groups is 1. The van der Waals surface area contributed by atoms with E-state index in [1.54, 1.807) is 0 Å². The van der Waals surface area contributed by atoms with Gasteiger partial charge in [0.2, 0.25) is 0 Å². The van der Waals surface area contributed by atoms with Gasteiger partial charge in [-0.15, -0.1) is 0 Å². The highest BCUT2D eigenvalue weighted by Gasteiger charge is 2.36. The number of ether oxygens (including phenoxy) is 1. The van der Waals surface area contributed by atoms with Crippen LogP contribution < -0.4 is 0 Å². The fourth-order valence-electron chi connectivity index (χ4n) is 2.58. The first-order valence-electron chi connectivity index (χ1n) is 6.88. The summed E-state index contributed by atoms with van der Waals surface area (Å²) in [6, 6.07) is 0. The van der Waals surface area contributed by atoms with E-state index >= 15 is 0 Å². The molecule has 1 aliphatic rings. The van der Waals surface area contributed by atoms with Crippen LogP contribution in [-0.4, -0.2) is 33.2 Å². The van der Waals surface area contributed by atoms with Crippen LogP contribution in [-0.2, 0) is 17.7 Å². The molecule has 0 aromatic carbocycles. The van der Waals surface area contributed by atoms with Gasteiger partial charge in [-0.05, 0) is 24.8 Å². The van der Waals surface area contributed by atoms with Gasteiger partial charge in [0.25, 0.3) is 0 Å². The van der Waals surface area contributed by atoms with Crippen molar-refractivity contribution in [3.63, 3.8) is 0 Å². The van der Waals surface area contributed by atoms with Gasteiger partial charge in [0.05, 0.1) is 17.9 Å². The maximum Gasteiger partial charge on any atom is 0.0735 e. The maximum absolute atomic E-state index is 10.7. The molecule has 4 heteroatoms. The Kier molecular flexibility index (Phi) is 4.07. The second kappa shape index (κ2) is 5.41. The molecule has 0 saturated carbocycles. The van der Waals surface area contributed by atoms with Crippen molar-refractivity contribution in [3.05, 3.63) is 18.0 Å². The van der Waals surface area contributed by atoms with E-state index in [1.165, 1.54) is 0 Å². The lowest BCUT2D eigenvalue weighted by molar-refractivity contribution is -0.116. The lowest BCUT2D eigenvalue weighted by atomic mass is 9.82. The van der Waals surface area contributed by atoms with Gasteiger partial charge in [-0.3, -0.25) is 4.68 Å². The van der Waals surface area contributed by atoms with Gasteiger partial charge in [-0.25, -0.2) is 0 Å². The van der Waals surface area contributed by atoms with Gasteiger partial charge in [-0.1, -0.05) is 13.8 Å². The summed E-state index contributed by atoms with van der Waals surface area (Å²) in [5, 5.41) is 15.0. The van der Waals surface area contributed by atoms with Crippen molar-refractivity contribution >= 4 is 0 Å². The summed E-state index contributed by atoms with van der Waals surface area (Å²) >= 11 is 0. The van der Waals surface area contributed by atoms with Gasteiger partial charge in [0.1, 0.15) is 0 Å². The SMILES string of the molecule is CCn1cc(CC2(O)CCOC(C(C)C)C2)cn1. The van der Waals surface area contributed by atoms with Crippen molar-refractivity contribution in [3.8, 4) is 0 Å². The lowest BCUT2D eigenvalue weighted by Gasteiger charge is -2.38. The van der Waals surface area contributed by atoms with Crippen LogP contribution >= 0.6 is 0 Å². The number of hydrogen-bond acceptors (Lipinski definition) is 3. The molecule has 1 saturated heterocycles. The summed E-state index contributed by atoms with van der Waals surface area (Å²) in [6.07, 6.45) is 6.18. The Morgan fingerprint density at radius 2 is 2.39 bits per heavy atom. The first-order valence-corrected chi connectivity index (χ1v) is 6.88. The van der Waals surface area contributed by atoms with Crippen molar-refractivity contribution in [2.75, 3.05) is 6.61 Å². The second-order valence-electron chi connectivity index (χ2n) is 5.71. The van der Waals surface area contributed by atoms with Crippen LogP contribution in [0.4, 0.5) is 0 Å². The molecular formula is C14H24N2O2. The predicted octanol–water partition coefficient (Wildman–Crippen LogP) is 2.01. The van der Waals surface area contributed by atoms with Gasteiger partial charge < -0.3 is 9.84 Å². The lowest BCUT2D eigenvalue weighted by Crippen LogP contribution is -2.44. The smallest absolute Gasteiger partial charge is 0.0735 e. The van der Waals surface area contributed by atoms with Crippen LogP contribution in [0.2, 0.25) is 0 Å². The standard InChI is InChI=1S/C14H24N2O2/c1-4-16-10-12(9-15-16)7-14(17)5-6-18-13(8-14)11(2)3/h9-11,13,17H,4-8H2,1-3H3. The molecule has 2 unspecified atom stereocenters. The Morgan fingerprint density at radius 1 is 1.61 bits per heavy atom. The minimum Gasteiger partial charge on any atom is -0.389 e. The molecule has 0 aliphatic carbocycles. The number of hydrogen-bond donors (Lipinski definition) is 1. The highest BCUT2D eigenvalue weighted by atomic mass is 16.5. The van der Waals surface area contributed by atoms with Crippen LogP contribution in [0, 0.1) is 5.92 Å². The molecule has 0 bridgehead atoms. The zero-order chi connectivity index (χ0) is 13.2. The Hall–Kier alpha value is -0.870. The summed E-state index contributed by atoms with van der Waals surface area (Å²) in [4.78, 5) is 0. The quantitative estimate of drug-likeness (QED) is 0.891. The first kappa shape index (κ1) is 13.6. The fourth-order valence-corrected chi connectivity index (χ4v) is 2.58. The maximum atomic E-state index is 10.7. The van der Waals surface area contributed by atoms with E-state index in [4.69, 9.17) is 4.74 Å². The van der Waals surface area contributed by atoms with Crippen molar-refractivity contribution in [2.24, 2.45) is 5.92 Å². The molecule has 18 heavy (non-hydrogen) atoms. The highest BCUT2D eigenvalue weighted by molar-refractivity contribution is 5.09. The zero-order valence-electron chi connectivity index (χ0n) is 11.6. The minimum atomic E-state index is -0.630. The molecule has 2 heterocycles. The molecule has 1 aromatic rings. The second-order valence-corrected chi connectivity index (χ2v) is 5.71. The van der Waals surface area contributed by atoms with E-state index in [0.717, 1.165) is 18.5 Å². The van der Waals surface area contributed by atoms with E-state index in [9.17, 15) is 5.11 Å². The average Bonchev–Trinajstić information content (AvgIpc) is 2.76. The van der Waals surface area contributed by atoms with Crippen LogP contribution in [0.5, 0.6) is 0 Å². The monoisotopic (exact) mass is 252 g/mol. The van der Waals surface area contributed by atoms with Gasteiger partial charge in [-0.2, -0.15) is 5.10 Å². The Labute approximate surface area is 109 Å². The van der Waals surface area contributed by atoms with Crippen molar-refractivity contribution in [2.45, 2.75) is 58.3 Å². The van der Waals surface area contributed by atoms with E-state index in [2.05, 4.69) is 25.9 Å². The van der Waals surface area contributed by atoms with E-state index in [-0.39, 0.29) is 6.10 Å². The number of rotatable bonds is 4. The molecule has 1 aliphatic heterocycles. The van der Waals surface area contributed by atoms with Crippen molar-refractivity contribution < 1.29 is 9.84 Å². The molecule has 0 amide bonds. The molecule has 1 fully saturated rings. The normalized spacial score (nSPS) is 28.8. The third kappa shape index (κ3) is 3.12. The third-order valence-corrected chi connectivity index (χ3v) is 3.77. The van der Waals surface area contributed by atoms with E-state index < -0.39 is 5.60 Å². The number of aryl methyl sites for hydroxylation is 1. The van der Waals surface area contributed by atoms with Gasteiger partial charge in [0.15, 0.2) is 0 Å². The minimum absolute atomic E-state index is 0.171. The molecular weight excluding hydrogens is 228 g/mol. The average molecular weight is 252 g/mol. The highest BCUT2D eigenvalue weighted by Crippen LogP contribution is 2.31. The van der Waals surface area contributed by atoms with Crippen LogP contribution in [0.3, 0.4) is 0 Å². The number of aromatic nitrogens is 2. The molecule has 1 N–H and O–H groups in total. The first-order chi connectivity index (χ1) is 8.52. The van der Waals surface area contributed by atoms with Crippen molar-refractivity contribution in [1.29, 1.82) is 0 Å². The molecule has 2 rings (SSSR count). The largest absolute Gasteiger partial charge is 0.389 e. The van der Waals surface area contributed by atoms with E-state index in [0.29, 0.717) is 25.4 Å². The summed E-state index contributed by atoms with van der Waals surface area (Å²) in [5.41, 5.74) is 0.484. The Balaban J connectivity index is 2.02. The van der Waals surface area contributed by atoms with Crippen LogP contribution in [0.1, 0.15) is 39.2 Å². The molecule has 1 aromatic heterocycles. The molecule has 0 spiro atoms. The molecule has 4 nitrogen and oxygen atoms in total. The predicted molar refractivity (Wildman–Crippen MR) is 70.4 cm³/mol. The molecule has 2 atom stereocenters. The van der Waals surface area contributed by atoms with Gasteiger partial charge >= 0.3 is 0 Å². The van der Waals surface area contributed by atoms with Crippen molar-refractivity contribution in [1.82, 2.24) is 9.78 Å². The summed E-state index contributed by atoms with van der Waals surface area (Å²) < 4.78 is 7.62.